The van der Waals surface area contributed by atoms with Crippen molar-refractivity contribution >= 4 is 6.47 Å². The van der Waals surface area contributed by atoms with Crippen LogP contribution in [0.1, 0.15) is 34.1 Å². The Kier molecular flexibility index (Phi) is 12.2. The number of unbranched alkanes of at least 4 members (excludes halogenated alkanes) is 1. The highest BCUT2D eigenvalue weighted by atomic mass is 16.5. The van der Waals surface area contributed by atoms with Gasteiger partial charge in [-0.2, -0.15) is 0 Å². The van der Waals surface area contributed by atoms with E-state index in [1.165, 1.54) is 5.57 Å². The van der Waals surface area contributed by atoms with Crippen molar-refractivity contribution in [3.63, 3.8) is 0 Å². The SMILES string of the molecule is C.CC(C)=CCC/C=C/COC=O. The summed E-state index contributed by atoms with van der Waals surface area (Å²) in [6.45, 7) is 5.01. The van der Waals surface area contributed by atoms with Gasteiger partial charge in [-0.3, -0.25) is 4.79 Å². The van der Waals surface area contributed by atoms with Gasteiger partial charge in [-0.15, -0.1) is 0 Å². The molecule has 0 aromatic carbocycles. The summed E-state index contributed by atoms with van der Waals surface area (Å²) in [5.41, 5.74) is 1.34. The van der Waals surface area contributed by atoms with Gasteiger partial charge in [0, 0.05) is 0 Å². The molecule has 0 N–H and O–H groups in total. The summed E-state index contributed by atoms with van der Waals surface area (Å²) in [6.07, 6.45) is 8.12. The molecule has 0 fully saturated rings. The Bertz CT molecular complexity index is 165. The molecule has 2 nitrogen and oxygen atoms in total. The molecule has 0 radical (unpaired) electrons. The van der Waals surface area contributed by atoms with Crippen LogP contribution in [-0.4, -0.2) is 13.1 Å². The van der Waals surface area contributed by atoms with Crippen molar-refractivity contribution in [1.29, 1.82) is 0 Å². The third kappa shape index (κ3) is 13.9. The molecule has 0 spiro atoms. The van der Waals surface area contributed by atoms with Crippen molar-refractivity contribution in [1.82, 2.24) is 0 Å². The molecule has 0 aromatic rings. The van der Waals surface area contributed by atoms with E-state index in [9.17, 15) is 4.79 Å². The smallest absolute Gasteiger partial charge is 0.293 e. The van der Waals surface area contributed by atoms with Gasteiger partial charge >= 0.3 is 0 Å². The van der Waals surface area contributed by atoms with Crippen LogP contribution in [0.25, 0.3) is 0 Å². The Morgan fingerprint density at radius 2 is 1.92 bits per heavy atom. The lowest BCUT2D eigenvalue weighted by Crippen LogP contribution is -1.84. The first-order chi connectivity index (χ1) is 5.77. The highest BCUT2D eigenvalue weighted by molar-refractivity contribution is 5.37. The molecule has 0 atom stereocenters. The van der Waals surface area contributed by atoms with Crippen LogP contribution in [-0.2, 0) is 9.53 Å². The average Bonchev–Trinajstić information content (AvgIpc) is 2.02. The van der Waals surface area contributed by atoms with Crippen LogP contribution in [0.15, 0.2) is 23.8 Å². The zero-order valence-corrected chi connectivity index (χ0v) is 7.75. The second-order valence-corrected chi connectivity index (χ2v) is 2.76. The van der Waals surface area contributed by atoms with Gasteiger partial charge in [-0.05, 0) is 26.7 Å². The van der Waals surface area contributed by atoms with Crippen LogP contribution in [0.5, 0.6) is 0 Å². The summed E-state index contributed by atoms with van der Waals surface area (Å²) < 4.78 is 4.48. The monoisotopic (exact) mass is 184 g/mol. The Morgan fingerprint density at radius 3 is 2.46 bits per heavy atom. The van der Waals surface area contributed by atoms with Crippen LogP contribution in [0, 0.1) is 0 Å². The van der Waals surface area contributed by atoms with E-state index in [2.05, 4.69) is 24.7 Å². The maximum absolute atomic E-state index is 9.72. The Hall–Kier alpha value is -1.05. The lowest BCUT2D eigenvalue weighted by Gasteiger charge is -1.90. The molecule has 0 aliphatic heterocycles. The predicted molar refractivity (Wildman–Crippen MR) is 56.6 cm³/mol. The number of rotatable bonds is 6. The Balaban J connectivity index is 0. The third-order valence-electron chi connectivity index (χ3n) is 1.31. The third-order valence-corrected chi connectivity index (χ3v) is 1.31. The van der Waals surface area contributed by atoms with Crippen LogP contribution >= 0.6 is 0 Å². The van der Waals surface area contributed by atoms with E-state index in [-0.39, 0.29) is 7.43 Å². The van der Waals surface area contributed by atoms with Crippen molar-refractivity contribution in [2.45, 2.75) is 34.1 Å². The number of ether oxygens (including phenoxy) is 1. The minimum absolute atomic E-state index is 0. The highest BCUT2D eigenvalue weighted by Crippen LogP contribution is 1.97. The largest absolute Gasteiger partial charge is 0.464 e. The summed E-state index contributed by atoms with van der Waals surface area (Å²) in [4.78, 5) is 9.72. The molecule has 0 saturated heterocycles. The molecule has 0 aliphatic carbocycles. The fourth-order valence-electron chi connectivity index (χ4n) is 0.749. The van der Waals surface area contributed by atoms with Crippen molar-refractivity contribution < 1.29 is 9.53 Å². The molecule has 0 aliphatic rings. The van der Waals surface area contributed by atoms with Gasteiger partial charge in [0.25, 0.3) is 6.47 Å². The molecule has 76 valence electrons. The number of hydrogen-bond acceptors (Lipinski definition) is 2. The molecular weight excluding hydrogens is 164 g/mol. The zero-order chi connectivity index (χ0) is 9.23. The number of carbonyl (C=O) groups excluding carboxylic acids is 1. The quantitative estimate of drug-likeness (QED) is 0.360. The van der Waals surface area contributed by atoms with Gasteiger partial charge in [0.2, 0.25) is 0 Å². The molecule has 0 bridgehead atoms. The van der Waals surface area contributed by atoms with Crippen LogP contribution in [0.4, 0.5) is 0 Å². The van der Waals surface area contributed by atoms with Crippen LogP contribution < -0.4 is 0 Å². The molecule has 2 heteroatoms. The van der Waals surface area contributed by atoms with Gasteiger partial charge in [0.05, 0.1) is 0 Å². The molecule has 0 amide bonds. The minimum Gasteiger partial charge on any atom is -0.464 e. The molecule has 0 rings (SSSR count). The maximum Gasteiger partial charge on any atom is 0.293 e. The van der Waals surface area contributed by atoms with Gasteiger partial charge in [0.1, 0.15) is 6.61 Å². The van der Waals surface area contributed by atoms with E-state index >= 15 is 0 Å². The fraction of sp³-hybridized carbons (Fsp3) is 0.545. The van der Waals surface area contributed by atoms with Gasteiger partial charge in [-0.1, -0.05) is 31.2 Å². The van der Waals surface area contributed by atoms with E-state index in [0.717, 1.165) is 12.8 Å². The van der Waals surface area contributed by atoms with Crippen LogP contribution in [0.3, 0.4) is 0 Å². The van der Waals surface area contributed by atoms with E-state index < -0.39 is 0 Å². The predicted octanol–water partition coefficient (Wildman–Crippen LogP) is 3.10. The second kappa shape index (κ2) is 11.0. The Morgan fingerprint density at radius 1 is 1.23 bits per heavy atom. The van der Waals surface area contributed by atoms with Gasteiger partial charge in [0.15, 0.2) is 0 Å². The Labute approximate surface area is 81.3 Å². The molecular formula is C11H20O2. The van der Waals surface area contributed by atoms with E-state index in [0.29, 0.717) is 13.1 Å². The van der Waals surface area contributed by atoms with Crippen molar-refractivity contribution in [3.8, 4) is 0 Å². The molecule has 0 unspecified atom stereocenters. The molecule has 0 saturated carbocycles. The minimum atomic E-state index is 0. The fourth-order valence-corrected chi connectivity index (χ4v) is 0.749. The summed E-state index contributed by atoms with van der Waals surface area (Å²) in [5, 5.41) is 0. The van der Waals surface area contributed by atoms with Gasteiger partial charge in [-0.25, -0.2) is 0 Å². The first kappa shape index (κ1) is 14.5. The summed E-state index contributed by atoms with van der Waals surface area (Å²) in [5.74, 6) is 0. The van der Waals surface area contributed by atoms with Crippen molar-refractivity contribution in [3.05, 3.63) is 23.8 Å². The van der Waals surface area contributed by atoms with E-state index in [1.54, 1.807) is 0 Å². The van der Waals surface area contributed by atoms with E-state index in [4.69, 9.17) is 0 Å². The van der Waals surface area contributed by atoms with Crippen molar-refractivity contribution in [2.24, 2.45) is 0 Å². The average molecular weight is 184 g/mol. The molecule has 0 aromatic heterocycles. The topological polar surface area (TPSA) is 26.3 Å². The number of hydrogen-bond donors (Lipinski definition) is 0. The molecule has 0 heterocycles. The van der Waals surface area contributed by atoms with Crippen LogP contribution in [0.2, 0.25) is 0 Å². The maximum atomic E-state index is 9.72. The first-order valence-corrected chi connectivity index (χ1v) is 4.11. The number of carbonyl (C=O) groups is 1. The van der Waals surface area contributed by atoms with Crippen molar-refractivity contribution in [2.75, 3.05) is 6.61 Å². The lowest BCUT2D eigenvalue weighted by molar-refractivity contribution is -0.127. The summed E-state index contributed by atoms with van der Waals surface area (Å²) >= 11 is 0. The van der Waals surface area contributed by atoms with Gasteiger partial charge < -0.3 is 4.74 Å². The lowest BCUT2D eigenvalue weighted by atomic mass is 10.2. The molecule has 13 heavy (non-hydrogen) atoms. The zero-order valence-electron chi connectivity index (χ0n) is 7.75. The first-order valence-electron chi connectivity index (χ1n) is 4.11. The highest BCUT2D eigenvalue weighted by Gasteiger charge is 1.79. The number of allylic oxidation sites excluding steroid dienone is 3. The second-order valence-electron chi connectivity index (χ2n) is 2.76. The van der Waals surface area contributed by atoms with E-state index in [1.807, 2.05) is 12.2 Å². The standard InChI is InChI=1S/C10H16O2.CH4/c1-10(2)7-5-3-4-6-8-12-9-11;/h4,6-7,9H,3,5,8H2,1-2H3;1H4/b6-4+;. The summed E-state index contributed by atoms with van der Waals surface area (Å²) in [7, 11) is 0. The normalized spacial score (nSPS) is 9.08. The summed E-state index contributed by atoms with van der Waals surface area (Å²) in [6, 6.07) is 0.